The summed E-state index contributed by atoms with van der Waals surface area (Å²) in [7, 11) is 1.48. The Hall–Kier alpha value is -3.35. The Morgan fingerprint density at radius 1 is 1.29 bits per heavy atom. The van der Waals surface area contributed by atoms with Crippen LogP contribution in [0.4, 0.5) is 0 Å². The largest absolute Gasteiger partial charge is 0.493 e. The van der Waals surface area contributed by atoms with Crippen molar-refractivity contribution >= 4 is 29.2 Å². The summed E-state index contributed by atoms with van der Waals surface area (Å²) in [6.07, 6.45) is 1.48. The fourth-order valence-corrected chi connectivity index (χ4v) is 3.57. The molecule has 1 aliphatic heterocycles. The third-order valence-electron chi connectivity index (χ3n) is 4.58. The molecule has 0 spiro atoms. The maximum atomic E-state index is 12.3. The quantitative estimate of drug-likeness (QED) is 0.498. The van der Waals surface area contributed by atoms with E-state index in [9.17, 15) is 14.9 Å². The molecule has 1 aliphatic rings. The molecule has 1 saturated heterocycles. The molecule has 2 aromatic rings. The number of hydrogen-bond donors (Lipinski definition) is 1. The van der Waals surface area contributed by atoms with Crippen LogP contribution in [0.1, 0.15) is 10.4 Å². The molecule has 0 aliphatic carbocycles. The number of hydrogen-bond acceptors (Lipinski definition) is 7. The smallest absolute Gasteiger partial charge is 0.262 e. The summed E-state index contributed by atoms with van der Waals surface area (Å²) in [5.41, 5.74) is 0.585. The number of thiophene rings is 1. The first-order valence-corrected chi connectivity index (χ1v) is 10.6. The second-order valence-corrected chi connectivity index (χ2v) is 7.66. The normalized spacial score (nSPS) is 13.9. The number of morpholine rings is 1. The van der Waals surface area contributed by atoms with Crippen molar-refractivity contribution in [3.05, 3.63) is 51.7 Å². The standard InChI is InChI=1S/C22H23N3O5S/c1-28-20-12-16(11-17(13-23)22(27)24-14-18-3-2-10-31-18)4-5-19(20)30-15-21(26)25-6-8-29-9-7-25/h2-5,10-12H,6-9,14-15H2,1H3,(H,24,27)/b17-11+. The zero-order valence-corrected chi connectivity index (χ0v) is 17.9. The van der Waals surface area contributed by atoms with Crippen LogP contribution in [0.3, 0.4) is 0 Å². The van der Waals surface area contributed by atoms with Crippen LogP contribution in [0.25, 0.3) is 6.08 Å². The third kappa shape index (κ3) is 6.31. The van der Waals surface area contributed by atoms with Crippen molar-refractivity contribution in [2.24, 2.45) is 0 Å². The van der Waals surface area contributed by atoms with Crippen molar-refractivity contribution in [3.8, 4) is 17.6 Å². The molecule has 2 heterocycles. The lowest BCUT2D eigenvalue weighted by Crippen LogP contribution is -2.43. The van der Waals surface area contributed by atoms with Gasteiger partial charge in [-0.1, -0.05) is 12.1 Å². The molecule has 0 bridgehead atoms. The highest BCUT2D eigenvalue weighted by Crippen LogP contribution is 2.29. The topological polar surface area (TPSA) is 101 Å². The van der Waals surface area contributed by atoms with Gasteiger partial charge in [-0.25, -0.2) is 0 Å². The fourth-order valence-electron chi connectivity index (χ4n) is 2.93. The molecule has 162 valence electrons. The van der Waals surface area contributed by atoms with Crippen LogP contribution in [0, 0.1) is 11.3 Å². The van der Waals surface area contributed by atoms with Gasteiger partial charge in [0, 0.05) is 18.0 Å². The van der Waals surface area contributed by atoms with Gasteiger partial charge in [-0.2, -0.15) is 5.26 Å². The van der Waals surface area contributed by atoms with Gasteiger partial charge in [0.25, 0.3) is 11.8 Å². The molecule has 0 atom stereocenters. The Morgan fingerprint density at radius 3 is 2.77 bits per heavy atom. The Morgan fingerprint density at radius 2 is 2.10 bits per heavy atom. The molecule has 31 heavy (non-hydrogen) atoms. The first-order chi connectivity index (χ1) is 15.1. The van der Waals surface area contributed by atoms with Crippen molar-refractivity contribution in [2.45, 2.75) is 6.54 Å². The third-order valence-corrected chi connectivity index (χ3v) is 5.46. The summed E-state index contributed by atoms with van der Waals surface area (Å²) in [6, 6.07) is 10.7. The molecule has 1 N–H and O–H groups in total. The van der Waals surface area contributed by atoms with Crippen LogP contribution in [0.15, 0.2) is 41.3 Å². The van der Waals surface area contributed by atoms with Crippen molar-refractivity contribution in [3.63, 3.8) is 0 Å². The molecule has 1 aromatic carbocycles. The van der Waals surface area contributed by atoms with Gasteiger partial charge in [-0.15, -0.1) is 11.3 Å². The Kier molecular flexibility index (Phi) is 8.04. The highest BCUT2D eigenvalue weighted by Gasteiger charge is 2.18. The van der Waals surface area contributed by atoms with E-state index in [-0.39, 0.29) is 18.1 Å². The molecule has 3 rings (SSSR count). The number of carbonyl (C=O) groups excluding carboxylic acids is 2. The van der Waals surface area contributed by atoms with Crippen molar-refractivity contribution in [2.75, 3.05) is 40.0 Å². The van der Waals surface area contributed by atoms with E-state index < -0.39 is 5.91 Å². The van der Waals surface area contributed by atoms with Gasteiger partial charge in [0.15, 0.2) is 18.1 Å². The van der Waals surface area contributed by atoms with Gasteiger partial charge in [0.1, 0.15) is 11.6 Å². The Labute approximate surface area is 184 Å². The van der Waals surface area contributed by atoms with Crippen molar-refractivity contribution in [1.82, 2.24) is 10.2 Å². The predicted octanol–water partition coefficient (Wildman–Crippen LogP) is 2.22. The zero-order valence-electron chi connectivity index (χ0n) is 17.1. The monoisotopic (exact) mass is 441 g/mol. The number of nitrogens with zero attached hydrogens (tertiary/aromatic N) is 2. The molecule has 1 aromatic heterocycles. The van der Waals surface area contributed by atoms with E-state index in [2.05, 4.69) is 5.32 Å². The van der Waals surface area contributed by atoms with Crippen LogP contribution in [-0.4, -0.2) is 56.7 Å². The Bertz CT molecular complexity index is 976. The van der Waals surface area contributed by atoms with E-state index in [0.29, 0.717) is 49.9 Å². The highest BCUT2D eigenvalue weighted by molar-refractivity contribution is 7.09. The number of ether oxygens (including phenoxy) is 3. The number of rotatable bonds is 8. The molecule has 9 heteroatoms. The first kappa shape index (κ1) is 22.3. The molecule has 2 amide bonds. The van der Waals surface area contributed by atoms with Gasteiger partial charge in [0.05, 0.1) is 26.9 Å². The van der Waals surface area contributed by atoms with Crippen LogP contribution < -0.4 is 14.8 Å². The van der Waals surface area contributed by atoms with Crippen LogP contribution >= 0.6 is 11.3 Å². The van der Waals surface area contributed by atoms with Gasteiger partial charge >= 0.3 is 0 Å². The second kappa shape index (κ2) is 11.2. The van der Waals surface area contributed by atoms with Crippen molar-refractivity contribution < 1.29 is 23.8 Å². The van der Waals surface area contributed by atoms with Gasteiger partial charge < -0.3 is 24.4 Å². The van der Waals surface area contributed by atoms with E-state index in [0.717, 1.165) is 4.88 Å². The minimum Gasteiger partial charge on any atom is -0.493 e. The van der Waals surface area contributed by atoms with E-state index in [1.165, 1.54) is 24.5 Å². The summed E-state index contributed by atoms with van der Waals surface area (Å²) in [5.74, 6) is 0.233. The lowest BCUT2D eigenvalue weighted by Gasteiger charge is -2.26. The highest BCUT2D eigenvalue weighted by atomic mass is 32.1. The Balaban J connectivity index is 1.63. The van der Waals surface area contributed by atoms with Crippen LogP contribution in [0.5, 0.6) is 11.5 Å². The maximum absolute atomic E-state index is 12.3. The summed E-state index contributed by atoms with van der Waals surface area (Å²) >= 11 is 1.53. The van der Waals surface area contributed by atoms with E-state index in [1.807, 2.05) is 23.6 Å². The van der Waals surface area contributed by atoms with Gasteiger partial charge in [-0.3, -0.25) is 9.59 Å². The summed E-state index contributed by atoms with van der Waals surface area (Å²) < 4.78 is 16.2. The molecule has 0 saturated carbocycles. The zero-order chi connectivity index (χ0) is 22.1. The molecule has 0 radical (unpaired) electrons. The van der Waals surface area contributed by atoms with E-state index in [4.69, 9.17) is 14.2 Å². The average Bonchev–Trinajstić information content (AvgIpc) is 3.34. The maximum Gasteiger partial charge on any atom is 0.262 e. The SMILES string of the molecule is COc1cc(/C=C(\C#N)C(=O)NCc2cccs2)ccc1OCC(=O)N1CCOCC1. The minimum atomic E-state index is -0.452. The predicted molar refractivity (Wildman–Crippen MR) is 116 cm³/mol. The number of nitrogens with one attached hydrogen (secondary N) is 1. The van der Waals surface area contributed by atoms with E-state index in [1.54, 1.807) is 23.1 Å². The number of benzene rings is 1. The summed E-state index contributed by atoms with van der Waals surface area (Å²) in [4.78, 5) is 27.3. The lowest BCUT2D eigenvalue weighted by atomic mass is 10.1. The molecule has 1 fully saturated rings. The molecular formula is C22H23N3O5S. The van der Waals surface area contributed by atoms with Gasteiger partial charge in [0.2, 0.25) is 0 Å². The number of carbonyl (C=O) groups is 2. The second-order valence-electron chi connectivity index (χ2n) is 6.62. The van der Waals surface area contributed by atoms with E-state index >= 15 is 0 Å². The number of amides is 2. The van der Waals surface area contributed by atoms with Gasteiger partial charge in [-0.05, 0) is 35.2 Å². The summed E-state index contributed by atoms with van der Waals surface area (Å²) in [6.45, 7) is 2.41. The van der Waals surface area contributed by atoms with Crippen LogP contribution in [-0.2, 0) is 20.9 Å². The average molecular weight is 442 g/mol. The first-order valence-electron chi connectivity index (χ1n) is 9.69. The van der Waals surface area contributed by atoms with Crippen molar-refractivity contribution in [1.29, 1.82) is 5.26 Å². The summed E-state index contributed by atoms with van der Waals surface area (Å²) in [5, 5.41) is 14.0. The molecule has 0 unspecified atom stereocenters. The number of methoxy groups -OCH3 is 1. The fraction of sp³-hybridized carbons (Fsp3) is 0.318. The molecular weight excluding hydrogens is 418 g/mol. The minimum absolute atomic E-state index is 0.0187. The lowest BCUT2D eigenvalue weighted by molar-refractivity contribution is -0.137. The molecule has 8 nitrogen and oxygen atoms in total. The van der Waals surface area contributed by atoms with Crippen LogP contribution in [0.2, 0.25) is 0 Å². The number of nitriles is 1.